The highest BCUT2D eigenvalue weighted by atomic mass is 16.5. The molecule has 0 aliphatic carbocycles. The van der Waals surface area contributed by atoms with Crippen LogP contribution in [-0.2, 0) is 9.53 Å². The summed E-state index contributed by atoms with van der Waals surface area (Å²) in [6.45, 7) is 4.17. The van der Waals surface area contributed by atoms with E-state index in [2.05, 4.69) is 0 Å². The molecule has 8 heteroatoms. The summed E-state index contributed by atoms with van der Waals surface area (Å²) in [5.41, 5.74) is 0.417. The highest BCUT2D eigenvalue weighted by Crippen LogP contribution is 2.41. The van der Waals surface area contributed by atoms with Crippen molar-refractivity contribution in [1.82, 2.24) is 4.90 Å². The Morgan fingerprint density at radius 2 is 2.00 bits per heavy atom. The number of ether oxygens (including phenoxy) is 2. The molecule has 1 aliphatic rings. The highest BCUT2D eigenvalue weighted by Gasteiger charge is 2.44. The molecule has 1 aromatic heterocycles. The topological polar surface area (TPSA) is 109 Å². The minimum absolute atomic E-state index is 0.0271. The van der Waals surface area contributed by atoms with Crippen LogP contribution >= 0.6 is 0 Å². The van der Waals surface area contributed by atoms with E-state index in [0.717, 1.165) is 0 Å². The standard InChI is InChI=1S/C21H23NO7/c1-4-28-16-11-13(6-7-14(16)23)18-17(19(24)15-8-5-12(2)29-15)20(25)21(26)22(18)9-10-27-3/h5-8,11,18,23,25H,4,9-10H2,1-3H3/t18-/m0/s1. The number of phenols is 1. The number of Topliss-reactive ketones (excluding diaryl/α,β-unsaturated/α-hetero) is 1. The highest BCUT2D eigenvalue weighted by molar-refractivity contribution is 6.15. The molecule has 0 fully saturated rings. The molecule has 8 nitrogen and oxygen atoms in total. The van der Waals surface area contributed by atoms with E-state index in [-0.39, 0.29) is 36.0 Å². The maximum atomic E-state index is 13.1. The number of amides is 1. The summed E-state index contributed by atoms with van der Waals surface area (Å²) in [5, 5.41) is 20.5. The first-order chi connectivity index (χ1) is 13.9. The summed E-state index contributed by atoms with van der Waals surface area (Å²) in [7, 11) is 1.49. The average molecular weight is 401 g/mol. The molecule has 0 saturated heterocycles. The number of carbonyl (C=O) groups is 2. The molecule has 1 aliphatic heterocycles. The number of aromatic hydroxyl groups is 1. The number of hydrogen-bond donors (Lipinski definition) is 2. The lowest BCUT2D eigenvalue weighted by Gasteiger charge is -2.26. The van der Waals surface area contributed by atoms with E-state index in [1.54, 1.807) is 32.0 Å². The molecule has 0 radical (unpaired) electrons. The first kappa shape index (κ1) is 20.5. The number of ketones is 1. The summed E-state index contributed by atoms with van der Waals surface area (Å²) in [6.07, 6.45) is 0. The van der Waals surface area contributed by atoms with Crippen LogP contribution in [0.5, 0.6) is 11.5 Å². The number of benzene rings is 1. The van der Waals surface area contributed by atoms with Gasteiger partial charge in [0.15, 0.2) is 23.0 Å². The molecule has 2 N–H and O–H groups in total. The fourth-order valence-electron chi connectivity index (χ4n) is 3.31. The Hall–Kier alpha value is -3.26. The van der Waals surface area contributed by atoms with Crippen molar-refractivity contribution in [3.8, 4) is 11.5 Å². The van der Waals surface area contributed by atoms with Crippen molar-refractivity contribution in [2.45, 2.75) is 19.9 Å². The molecular formula is C21H23NO7. The fourth-order valence-corrected chi connectivity index (χ4v) is 3.31. The van der Waals surface area contributed by atoms with Crippen molar-refractivity contribution in [3.63, 3.8) is 0 Å². The lowest BCUT2D eigenvalue weighted by molar-refractivity contribution is -0.130. The number of aliphatic hydroxyl groups is 1. The van der Waals surface area contributed by atoms with Gasteiger partial charge < -0.3 is 29.0 Å². The minimum Gasteiger partial charge on any atom is -0.504 e. The van der Waals surface area contributed by atoms with Crippen LogP contribution in [0.1, 0.15) is 34.8 Å². The zero-order valence-corrected chi connectivity index (χ0v) is 16.5. The van der Waals surface area contributed by atoms with Crippen LogP contribution in [0.25, 0.3) is 0 Å². The number of phenolic OH excluding ortho intramolecular Hbond substituents is 1. The summed E-state index contributed by atoms with van der Waals surface area (Å²) in [6, 6.07) is 6.81. The zero-order valence-electron chi connectivity index (χ0n) is 16.5. The van der Waals surface area contributed by atoms with Crippen molar-refractivity contribution in [2.75, 3.05) is 26.9 Å². The summed E-state index contributed by atoms with van der Waals surface area (Å²) in [5.74, 6) is -1.17. The molecule has 3 rings (SSSR count). The lowest BCUT2D eigenvalue weighted by atomic mass is 9.94. The van der Waals surface area contributed by atoms with E-state index in [1.165, 1.54) is 24.1 Å². The summed E-state index contributed by atoms with van der Waals surface area (Å²) >= 11 is 0. The van der Waals surface area contributed by atoms with E-state index in [4.69, 9.17) is 13.9 Å². The Morgan fingerprint density at radius 3 is 2.62 bits per heavy atom. The van der Waals surface area contributed by atoms with Crippen molar-refractivity contribution in [1.29, 1.82) is 0 Å². The Kier molecular flexibility index (Phi) is 5.93. The van der Waals surface area contributed by atoms with Crippen LogP contribution in [0.2, 0.25) is 0 Å². The van der Waals surface area contributed by atoms with Gasteiger partial charge >= 0.3 is 0 Å². The molecular weight excluding hydrogens is 378 g/mol. The van der Waals surface area contributed by atoms with Gasteiger partial charge in [-0.05, 0) is 43.7 Å². The smallest absolute Gasteiger partial charge is 0.290 e. The van der Waals surface area contributed by atoms with Crippen LogP contribution in [0.4, 0.5) is 0 Å². The van der Waals surface area contributed by atoms with Gasteiger partial charge in [0, 0.05) is 13.7 Å². The minimum atomic E-state index is -0.879. The van der Waals surface area contributed by atoms with Crippen molar-refractivity contribution < 1.29 is 33.7 Å². The lowest BCUT2D eigenvalue weighted by Crippen LogP contribution is -2.34. The van der Waals surface area contributed by atoms with Gasteiger partial charge in [-0.1, -0.05) is 6.07 Å². The number of nitrogens with zero attached hydrogens (tertiary/aromatic N) is 1. The maximum Gasteiger partial charge on any atom is 0.290 e. The van der Waals surface area contributed by atoms with Crippen LogP contribution < -0.4 is 4.74 Å². The third-order valence-corrected chi connectivity index (χ3v) is 4.65. The molecule has 0 saturated carbocycles. The zero-order chi connectivity index (χ0) is 21.1. The van der Waals surface area contributed by atoms with E-state index < -0.39 is 23.5 Å². The predicted octanol–water partition coefficient (Wildman–Crippen LogP) is 2.92. The Labute approximate surface area is 168 Å². The average Bonchev–Trinajstić information content (AvgIpc) is 3.24. The molecule has 1 amide bonds. The van der Waals surface area contributed by atoms with Crippen LogP contribution in [0.3, 0.4) is 0 Å². The molecule has 2 heterocycles. The van der Waals surface area contributed by atoms with E-state index in [9.17, 15) is 19.8 Å². The first-order valence-electron chi connectivity index (χ1n) is 9.18. The van der Waals surface area contributed by atoms with Gasteiger partial charge in [-0.25, -0.2) is 0 Å². The largest absolute Gasteiger partial charge is 0.504 e. The van der Waals surface area contributed by atoms with E-state index >= 15 is 0 Å². The Bertz CT molecular complexity index is 960. The molecule has 0 unspecified atom stereocenters. The molecule has 1 aromatic carbocycles. The number of furan rings is 1. The summed E-state index contributed by atoms with van der Waals surface area (Å²) < 4.78 is 15.9. The number of aliphatic hydroxyl groups excluding tert-OH is 1. The van der Waals surface area contributed by atoms with Gasteiger partial charge in [0.05, 0.1) is 24.8 Å². The quantitative estimate of drug-likeness (QED) is 0.655. The van der Waals surface area contributed by atoms with Crippen LogP contribution in [0.15, 0.2) is 46.1 Å². The molecule has 29 heavy (non-hydrogen) atoms. The number of carbonyl (C=O) groups excluding carboxylic acids is 2. The molecule has 1 atom stereocenters. The second kappa shape index (κ2) is 8.40. The van der Waals surface area contributed by atoms with Crippen molar-refractivity contribution in [3.05, 3.63) is 58.7 Å². The van der Waals surface area contributed by atoms with Gasteiger partial charge in [0.1, 0.15) is 5.76 Å². The Morgan fingerprint density at radius 1 is 1.24 bits per heavy atom. The number of hydrogen-bond acceptors (Lipinski definition) is 7. The van der Waals surface area contributed by atoms with Gasteiger partial charge in [-0.3, -0.25) is 9.59 Å². The van der Waals surface area contributed by atoms with E-state index in [0.29, 0.717) is 17.9 Å². The number of rotatable bonds is 8. The third kappa shape index (κ3) is 3.84. The SMILES string of the molecule is CCOc1cc([C@H]2C(C(=O)c3ccc(C)o3)=C(O)C(=O)N2CCOC)ccc1O. The maximum absolute atomic E-state index is 13.1. The number of aryl methyl sites for hydroxylation is 1. The predicted molar refractivity (Wildman–Crippen MR) is 103 cm³/mol. The van der Waals surface area contributed by atoms with Crippen LogP contribution in [-0.4, -0.2) is 53.7 Å². The third-order valence-electron chi connectivity index (χ3n) is 4.65. The van der Waals surface area contributed by atoms with Gasteiger partial charge in [0.25, 0.3) is 5.91 Å². The fraction of sp³-hybridized carbons (Fsp3) is 0.333. The molecule has 0 spiro atoms. The van der Waals surface area contributed by atoms with Crippen LogP contribution in [0, 0.1) is 6.92 Å². The monoisotopic (exact) mass is 401 g/mol. The molecule has 2 aromatic rings. The normalized spacial score (nSPS) is 16.6. The van der Waals surface area contributed by atoms with Gasteiger partial charge in [-0.15, -0.1) is 0 Å². The molecule has 0 bridgehead atoms. The molecule has 154 valence electrons. The van der Waals surface area contributed by atoms with Crippen molar-refractivity contribution in [2.24, 2.45) is 0 Å². The Balaban J connectivity index is 2.10. The van der Waals surface area contributed by atoms with Gasteiger partial charge in [0.2, 0.25) is 5.78 Å². The second-order valence-electron chi connectivity index (χ2n) is 6.56. The van der Waals surface area contributed by atoms with Crippen molar-refractivity contribution >= 4 is 11.7 Å². The summed E-state index contributed by atoms with van der Waals surface area (Å²) in [4.78, 5) is 27.2. The number of methoxy groups -OCH3 is 1. The van der Waals surface area contributed by atoms with E-state index in [1.807, 2.05) is 0 Å². The second-order valence-corrected chi connectivity index (χ2v) is 6.56. The first-order valence-corrected chi connectivity index (χ1v) is 9.18. The van der Waals surface area contributed by atoms with Gasteiger partial charge in [-0.2, -0.15) is 0 Å².